The van der Waals surface area contributed by atoms with Crippen LogP contribution in [0.5, 0.6) is 0 Å². The molecule has 0 saturated heterocycles. The number of benzene rings is 2. The number of rotatable bonds is 4. The van der Waals surface area contributed by atoms with E-state index in [-0.39, 0.29) is 5.56 Å². The second-order valence-electron chi connectivity index (χ2n) is 5.93. The standard InChI is InChI=1S/C21H14BrN3O2S/c22-15-10-7-14(8-11-15)9-12-19(26)24-25-20(18-6-3-13-28-18)23-17-5-2-1-4-16(17)21(25)27/h1-13H,(H,24,26). The smallest absolute Gasteiger partial charge is 0.268 e. The first kappa shape index (κ1) is 18.3. The molecular formula is C21H14BrN3O2S. The van der Waals surface area contributed by atoms with Crippen LogP contribution in [0.25, 0.3) is 27.7 Å². The number of hydrogen-bond acceptors (Lipinski definition) is 4. The number of nitrogens with zero attached hydrogens (tertiary/aromatic N) is 2. The zero-order valence-corrected chi connectivity index (χ0v) is 16.9. The van der Waals surface area contributed by atoms with Gasteiger partial charge in [0.1, 0.15) is 0 Å². The molecule has 0 aliphatic rings. The van der Waals surface area contributed by atoms with Gasteiger partial charge in [-0.05, 0) is 47.4 Å². The number of hydrogen-bond donors (Lipinski definition) is 1. The first-order chi connectivity index (χ1) is 13.6. The van der Waals surface area contributed by atoms with Crippen molar-refractivity contribution in [1.29, 1.82) is 0 Å². The monoisotopic (exact) mass is 451 g/mol. The van der Waals surface area contributed by atoms with E-state index in [1.54, 1.807) is 24.3 Å². The van der Waals surface area contributed by atoms with Crippen molar-refractivity contribution >= 4 is 50.2 Å². The summed E-state index contributed by atoms with van der Waals surface area (Å²) in [6, 6.07) is 18.4. The molecule has 1 N–H and O–H groups in total. The average molecular weight is 452 g/mol. The molecule has 4 aromatic rings. The molecule has 7 heteroatoms. The van der Waals surface area contributed by atoms with Gasteiger partial charge < -0.3 is 0 Å². The largest absolute Gasteiger partial charge is 0.280 e. The fourth-order valence-corrected chi connectivity index (χ4v) is 3.67. The molecule has 0 spiro atoms. The van der Waals surface area contributed by atoms with Gasteiger partial charge in [-0.1, -0.05) is 46.3 Å². The van der Waals surface area contributed by atoms with E-state index in [4.69, 9.17) is 0 Å². The summed E-state index contributed by atoms with van der Waals surface area (Å²) in [4.78, 5) is 30.8. The van der Waals surface area contributed by atoms with Gasteiger partial charge >= 0.3 is 0 Å². The van der Waals surface area contributed by atoms with Crippen LogP contribution in [-0.2, 0) is 4.79 Å². The van der Waals surface area contributed by atoms with Crippen molar-refractivity contribution in [3.8, 4) is 10.7 Å². The summed E-state index contributed by atoms with van der Waals surface area (Å²) < 4.78 is 2.17. The van der Waals surface area contributed by atoms with E-state index in [1.165, 1.54) is 22.1 Å². The molecule has 138 valence electrons. The predicted octanol–water partition coefficient (Wildman–Crippen LogP) is 4.67. The highest BCUT2D eigenvalue weighted by molar-refractivity contribution is 9.10. The molecule has 1 amide bonds. The van der Waals surface area contributed by atoms with Gasteiger partial charge in [0.2, 0.25) is 0 Å². The van der Waals surface area contributed by atoms with Crippen LogP contribution in [0.15, 0.2) is 81.4 Å². The van der Waals surface area contributed by atoms with Crippen molar-refractivity contribution in [2.24, 2.45) is 0 Å². The third-order valence-corrected chi connectivity index (χ3v) is 5.43. The summed E-state index contributed by atoms with van der Waals surface area (Å²) >= 11 is 4.83. The Morgan fingerprint density at radius 3 is 2.61 bits per heavy atom. The maximum absolute atomic E-state index is 13.0. The Hall–Kier alpha value is -3.03. The maximum Gasteiger partial charge on any atom is 0.280 e. The van der Waals surface area contributed by atoms with Gasteiger partial charge in [0, 0.05) is 10.5 Å². The fourth-order valence-electron chi connectivity index (χ4n) is 2.70. The predicted molar refractivity (Wildman–Crippen MR) is 117 cm³/mol. The summed E-state index contributed by atoms with van der Waals surface area (Å²) in [5.41, 5.74) is 3.80. The van der Waals surface area contributed by atoms with Crippen molar-refractivity contribution in [3.05, 3.63) is 92.5 Å². The molecule has 0 unspecified atom stereocenters. The third kappa shape index (κ3) is 3.81. The van der Waals surface area contributed by atoms with E-state index in [2.05, 4.69) is 26.3 Å². The Labute approximate surface area is 173 Å². The van der Waals surface area contributed by atoms with Crippen LogP contribution in [0.1, 0.15) is 5.56 Å². The number of aromatic nitrogens is 2. The average Bonchev–Trinajstić information content (AvgIpc) is 3.24. The van der Waals surface area contributed by atoms with E-state index in [1.807, 2.05) is 47.8 Å². The highest BCUT2D eigenvalue weighted by atomic mass is 79.9. The quantitative estimate of drug-likeness (QED) is 0.458. The maximum atomic E-state index is 13.0. The highest BCUT2D eigenvalue weighted by Crippen LogP contribution is 2.23. The minimum Gasteiger partial charge on any atom is -0.268 e. The van der Waals surface area contributed by atoms with Gasteiger partial charge in [-0.2, -0.15) is 4.68 Å². The van der Waals surface area contributed by atoms with E-state index >= 15 is 0 Å². The number of fused-ring (bicyclic) bond motifs is 1. The second kappa shape index (κ2) is 7.92. The summed E-state index contributed by atoms with van der Waals surface area (Å²) in [6.45, 7) is 0. The molecule has 2 aromatic heterocycles. The lowest BCUT2D eigenvalue weighted by Crippen LogP contribution is -2.34. The van der Waals surface area contributed by atoms with Gasteiger partial charge in [0.25, 0.3) is 11.5 Å². The van der Waals surface area contributed by atoms with Gasteiger partial charge in [-0.25, -0.2) is 4.98 Å². The Bertz CT molecular complexity index is 1230. The molecule has 0 atom stereocenters. The SMILES string of the molecule is O=C(C=Cc1ccc(Br)cc1)Nn1c(-c2cccs2)nc2ccccc2c1=O. The molecule has 0 bridgehead atoms. The molecular weight excluding hydrogens is 438 g/mol. The molecule has 0 fully saturated rings. The lowest BCUT2D eigenvalue weighted by molar-refractivity contribution is -0.112. The highest BCUT2D eigenvalue weighted by Gasteiger charge is 2.14. The molecule has 28 heavy (non-hydrogen) atoms. The van der Waals surface area contributed by atoms with Crippen LogP contribution in [0, 0.1) is 0 Å². The van der Waals surface area contributed by atoms with E-state index in [9.17, 15) is 9.59 Å². The lowest BCUT2D eigenvalue weighted by Gasteiger charge is -2.12. The van der Waals surface area contributed by atoms with E-state index < -0.39 is 5.91 Å². The molecule has 0 saturated carbocycles. The number of halogens is 1. The number of amides is 1. The van der Waals surface area contributed by atoms with Crippen LogP contribution >= 0.6 is 27.3 Å². The third-order valence-electron chi connectivity index (χ3n) is 4.04. The topological polar surface area (TPSA) is 64.0 Å². The number of nitrogens with one attached hydrogen (secondary N) is 1. The Morgan fingerprint density at radius 2 is 1.86 bits per heavy atom. The van der Waals surface area contributed by atoms with E-state index in [0.717, 1.165) is 14.9 Å². The number of carbonyl (C=O) groups excluding carboxylic acids is 1. The van der Waals surface area contributed by atoms with E-state index in [0.29, 0.717) is 16.7 Å². The molecule has 4 rings (SSSR count). The van der Waals surface area contributed by atoms with Crippen LogP contribution in [-0.4, -0.2) is 15.6 Å². The Kier molecular flexibility index (Phi) is 5.18. The first-order valence-electron chi connectivity index (χ1n) is 8.42. The van der Waals surface area contributed by atoms with Crippen molar-refractivity contribution in [2.45, 2.75) is 0 Å². The van der Waals surface area contributed by atoms with Crippen molar-refractivity contribution < 1.29 is 4.79 Å². The zero-order valence-electron chi connectivity index (χ0n) is 14.5. The summed E-state index contributed by atoms with van der Waals surface area (Å²) in [5, 5.41) is 2.34. The summed E-state index contributed by atoms with van der Waals surface area (Å²) in [6.07, 6.45) is 3.08. The Balaban J connectivity index is 1.72. The number of para-hydroxylation sites is 1. The molecule has 2 heterocycles. The second-order valence-corrected chi connectivity index (χ2v) is 7.79. The molecule has 5 nitrogen and oxygen atoms in total. The lowest BCUT2D eigenvalue weighted by atomic mass is 10.2. The van der Waals surface area contributed by atoms with Crippen molar-refractivity contribution in [2.75, 3.05) is 5.43 Å². The van der Waals surface area contributed by atoms with Crippen LogP contribution in [0.2, 0.25) is 0 Å². The molecule has 0 aliphatic carbocycles. The Morgan fingerprint density at radius 1 is 1.07 bits per heavy atom. The summed E-state index contributed by atoms with van der Waals surface area (Å²) in [7, 11) is 0. The molecule has 0 aliphatic heterocycles. The van der Waals surface area contributed by atoms with Gasteiger partial charge in [-0.15, -0.1) is 11.3 Å². The zero-order chi connectivity index (χ0) is 19.5. The minimum absolute atomic E-state index is 0.320. The van der Waals surface area contributed by atoms with Crippen LogP contribution in [0.3, 0.4) is 0 Å². The summed E-state index contributed by atoms with van der Waals surface area (Å²) in [5.74, 6) is -0.0102. The number of thiophene rings is 1. The fraction of sp³-hybridized carbons (Fsp3) is 0. The normalized spacial score (nSPS) is 11.2. The minimum atomic E-state index is -0.417. The number of carbonyl (C=O) groups is 1. The van der Waals surface area contributed by atoms with Crippen molar-refractivity contribution in [1.82, 2.24) is 9.66 Å². The molecule has 2 aromatic carbocycles. The van der Waals surface area contributed by atoms with Gasteiger partial charge in [0.05, 0.1) is 15.8 Å². The molecule has 0 radical (unpaired) electrons. The van der Waals surface area contributed by atoms with Crippen molar-refractivity contribution in [3.63, 3.8) is 0 Å². The van der Waals surface area contributed by atoms with Crippen LogP contribution in [0.4, 0.5) is 0 Å². The van der Waals surface area contributed by atoms with Crippen LogP contribution < -0.4 is 11.0 Å². The van der Waals surface area contributed by atoms with Gasteiger partial charge in [0.15, 0.2) is 5.82 Å². The van der Waals surface area contributed by atoms with Gasteiger partial charge in [-0.3, -0.25) is 15.0 Å². The first-order valence-corrected chi connectivity index (χ1v) is 10.1.